The second-order valence-corrected chi connectivity index (χ2v) is 11.8. The van der Waals surface area contributed by atoms with Crippen LogP contribution in [0.5, 0.6) is 0 Å². The van der Waals surface area contributed by atoms with Crippen molar-refractivity contribution in [3.05, 3.63) is 77.0 Å². The number of alkyl halides is 2. The van der Waals surface area contributed by atoms with Crippen molar-refractivity contribution < 1.29 is 23.1 Å². The number of halogens is 4. The van der Waals surface area contributed by atoms with Crippen LogP contribution in [0.1, 0.15) is 60.8 Å². The minimum absolute atomic E-state index is 0.212. The van der Waals surface area contributed by atoms with Gasteiger partial charge in [0.25, 0.3) is 12.3 Å². The number of carbonyl (C=O) groups is 1. The van der Waals surface area contributed by atoms with Crippen molar-refractivity contribution in [3.8, 4) is 11.3 Å². The Balaban J connectivity index is 1.11. The van der Waals surface area contributed by atoms with Gasteiger partial charge in [0.05, 0.1) is 47.1 Å². The molecule has 2 aliphatic heterocycles. The summed E-state index contributed by atoms with van der Waals surface area (Å²) in [5.41, 5.74) is -0.428. The first-order chi connectivity index (χ1) is 21.6. The Morgan fingerprint density at radius 1 is 1.18 bits per heavy atom. The quantitative estimate of drug-likeness (QED) is 0.266. The Bertz CT molecular complexity index is 1690. The molecular formula is C30H31ClF3N9O2. The van der Waals surface area contributed by atoms with E-state index in [9.17, 15) is 23.1 Å². The zero-order valence-electron chi connectivity index (χ0n) is 24.5. The SMILES string of the molecule is CC(c1cnc(N2CC[C@H]2CN2C[C@H](O)C[C@H]2C)nc1)n1cc(NC(=O)c2cncc(-c3c(C(F)F)ccc(Cl)c3F)n2)cn1. The number of hydrogen-bond acceptors (Lipinski definition) is 9. The summed E-state index contributed by atoms with van der Waals surface area (Å²) < 4.78 is 43.5. The number of aliphatic hydroxyl groups is 1. The van der Waals surface area contributed by atoms with Crippen LogP contribution in [0.3, 0.4) is 0 Å². The van der Waals surface area contributed by atoms with Crippen LogP contribution < -0.4 is 10.2 Å². The van der Waals surface area contributed by atoms with Crippen LogP contribution in [0, 0.1) is 5.82 Å². The van der Waals surface area contributed by atoms with Crippen molar-refractivity contribution in [1.82, 2.24) is 34.6 Å². The molecule has 0 aliphatic carbocycles. The summed E-state index contributed by atoms with van der Waals surface area (Å²) in [7, 11) is 0. The Labute approximate surface area is 262 Å². The second-order valence-electron chi connectivity index (χ2n) is 11.4. The topological polar surface area (TPSA) is 125 Å². The molecule has 3 aromatic heterocycles. The zero-order valence-corrected chi connectivity index (χ0v) is 25.2. The van der Waals surface area contributed by atoms with Crippen molar-refractivity contribution in [1.29, 1.82) is 0 Å². The summed E-state index contributed by atoms with van der Waals surface area (Å²) in [6.07, 6.45) is 7.41. The first-order valence-electron chi connectivity index (χ1n) is 14.5. The van der Waals surface area contributed by atoms with Crippen LogP contribution in [0.25, 0.3) is 11.3 Å². The maximum atomic E-state index is 14.7. The van der Waals surface area contributed by atoms with Crippen LogP contribution in [0.2, 0.25) is 5.02 Å². The highest BCUT2D eigenvalue weighted by Crippen LogP contribution is 2.35. The number of nitrogens with one attached hydrogen (secondary N) is 1. The highest BCUT2D eigenvalue weighted by molar-refractivity contribution is 6.31. The van der Waals surface area contributed by atoms with Gasteiger partial charge in [0.15, 0.2) is 5.82 Å². The Kier molecular flexibility index (Phi) is 8.71. The van der Waals surface area contributed by atoms with E-state index in [-0.39, 0.29) is 28.6 Å². The van der Waals surface area contributed by atoms with E-state index >= 15 is 0 Å². The molecule has 1 amide bonds. The number of anilines is 2. The number of likely N-dealkylation sites (tertiary alicyclic amines) is 1. The van der Waals surface area contributed by atoms with E-state index in [0.29, 0.717) is 30.3 Å². The lowest BCUT2D eigenvalue weighted by molar-refractivity contribution is 0.102. The first kappa shape index (κ1) is 30.9. The van der Waals surface area contributed by atoms with Gasteiger partial charge in [-0.2, -0.15) is 5.10 Å². The lowest BCUT2D eigenvalue weighted by Gasteiger charge is -2.43. The smallest absolute Gasteiger partial charge is 0.275 e. The second kappa shape index (κ2) is 12.7. The predicted molar refractivity (Wildman–Crippen MR) is 161 cm³/mol. The maximum absolute atomic E-state index is 14.7. The number of hydrogen-bond donors (Lipinski definition) is 2. The third-order valence-corrected chi connectivity index (χ3v) is 8.70. The Hall–Kier alpha value is -4.14. The number of β-amino-alcohol motifs (C(OH)–C–C–N with tert-alkyl or cyclic N) is 1. The molecule has 15 heteroatoms. The fraction of sp³-hybridized carbons (Fsp3) is 0.400. The monoisotopic (exact) mass is 641 g/mol. The average molecular weight is 642 g/mol. The van der Waals surface area contributed by atoms with Gasteiger partial charge >= 0.3 is 0 Å². The summed E-state index contributed by atoms with van der Waals surface area (Å²) in [5.74, 6) is -1.10. The molecule has 45 heavy (non-hydrogen) atoms. The largest absolute Gasteiger partial charge is 0.392 e. The Morgan fingerprint density at radius 3 is 2.62 bits per heavy atom. The molecule has 2 saturated heterocycles. The number of benzene rings is 1. The van der Waals surface area contributed by atoms with Gasteiger partial charge in [0, 0.05) is 67.0 Å². The minimum Gasteiger partial charge on any atom is -0.392 e. The molecule has 4 aromatic rings. The summed E-state index contributed by atoms with van der Waals surface area (Å²) in [5, 5.41) is 16.6. The molecule has 0 bridgehead atoms. The first-order valence-corrected chi connectivity index (χ1v) is 14.9. The normalized spacial score (nSPS) is 20.8. The Morgan fingerprint density at radius 2 is 1.96 bits per heavy atom. The third kappa shape index (κ3) is 6.35. The summed E-state index contributed by atoms with van der Waals surface area (Å²) in [6.45, 7) is 6.49. The van der Waals surface area contributed by atoms with Crippen LogP contribution in [-0.4, -0.2) is 83.5 Å². The van der Waals surface area contributed by atoms with E-state index in [1.807, 2.05) is 6.92 Å². The molecular weight excluding hydrogens is 611 g/mol. The molecule has 1 unspecified atom stereocenters. The van der Waals surface area contributed by atoms with Crippen LogP contribution >= 0.6 is 11.6 Å². The maximum Gasteiger partial charge on any atom is 0.275 e. The molecule has 1 aromatic carbocycles. The third-order valence-electron chi connectivity index (χ3n) is 8.41. The van der Waals surface area contributed by atoms with Crippen molar-refractivity contribution in [3.63, 3.8) is 0 Å². The van der Waals surface area contributed by atoms with E-state index in [4.69, 9.17) is 11.6 Å². The number of amides is 1. The van der Waals surface area contributed by atoms with Gasteiger partial charge in [-0.15, -0.1) is 0 Å². The van der Waals surface area contributed by atoms with E-state index < -0.39 is 29.3 Å². The van der Waals surface area contributed by atoms with Gasteiger partial charge in [-0.05, 0) is 32.8 Å². The van der Waals surface area contributed by atoms with Gasteiger partial charge in [-0.3, -0.25) is 19.4 Å². The number of rotatable bonds is 9. The summed E-state index contributed by atoms with van der Waals surface area (Å²) in [4.78, 5) is 34.7. The standard InChI is InChI=1S/C30H31ClF3N9O2/c1-16-7-21(44)15-41(16)14-20-5-6-42(20)30-36-8-18(9-37-30)17(2)43-13-19(10-38-43)39-29(45)25-12-35-11-24(40-25)26-22(28(33)34)3-4-23(31)27(26)32/h3-4,8-13,16-17,20-21,28,44H,5-7,14-15H2,1-2H3,(H,39,45)/t16-,17?,20+,21-/m1/s1. The summed E-state index contributed by atoms with van der Waals surface area (Å²) >= 11 is 5.82. The zero-order chi connectivity index (χ0) is 31.8. The van der Waals surface area contributed by atoms with E-state index in [2.05, 4.69) is 47.1 Å². The van der Waals surface area contributed by atoms with Gasteiger partial charge in [0.2, 0.25) is 5.95 Å². The fourth-order valence-electron chi connectivity index (χ4n) is 5.75. The number of nitrogens with zero attached hydrogens (tertiary/aromatic N) is 8. The fourth-order valence-corrected chi connectivity index (χ4v) is 5.91. The number of carbonyl (C=O) groups excluding carboxylic acids is 1. The molecule has 5 heterocycles. The predicted octanol–water partition coefficient (Wildman–Crippen LogP) is 4.76. The van der Waals surface area contributed by atoms with Gasteiger partial charge in [-0.25, -0.2) is 28.1 Å². The molecule has 6 rings (SSSR count). The van der Waals surface area contributed by atoms with Crippen molar-refractivity contribution in [2.75, 3.05) is 29.9 Å². The molecule has 2 N–H and O–H groups in total. The highest BCUT2D eigenvalue weighted by Gasteiger charge is 2.36. The van der Waals surface area contributed by atoms with Crippen LogP contribution in [-0.2, 0) is 0 Å². The van der Waals surface area contributed by atoms with Crippen LogP contribution in [0.15, 0.2) is 49.3 Å². The molecule has 0 radical (unpaired) electrons. The van der Waals surface area contributed by atoms with Crippen LogP contribution in [0.4, 0.5) is 24.8 Å². The van der Waals surface area contributed by atoms with Crippen molar-refractivity contribution in [2.45, 2.75) is 57.3 Å². The minimum atomic E-state index is -2.99. The lowest BCUT2D eigenvalue weighted by atomic mass is 10.0. The molecule has 0 spiro atoms. The molecule has 2 fully saturated rings. The lowest BCUT2D eigenvalue weighted by Crippen LogP contribution is -2.55. The van der Waals surface area contributed by atoms with Crippen molar-refractivity contribution in [2.24, 2.45) is 0 Å². The molecule has 2 aliphatic rings. The van der Waals surface area contributed by atoms with Crippen molar-refractivity contribution >= 4 is 29.1 Å². The van der Waals surface area contributed by atoms with E-state index in [0.717, 1.165) is 56.0 Å². The molecule has 4 atom stereocenters. The molecule has 236 valence electrons. The summed E-state index contributed by atoms with van der Waals surface area (Å²) in [6, 6.07) is 2.45. The van der Waals surface area contributed by atoms with Gasteiger partial charge < -0.3 is 15.3 Å². The van der Waals surface area contributed by atoms with Gasteiger partial charge in [0.1, 0.15) is 5.69 Å². The number of aliphatic hydroxyl groups excluding tert-OH is 1. The van der Waals surface area contributed by atoms with E-state index in [1.54, 1.807) is 23.3 Å². The molecule has 11 nitrogen and oxygen atoms in total. The average Bonchev–Trinajstić information content (AvgIpc) is 3.61. The molecule has 0 saturated carbocycles. The van der Waals surface area contributed by atoms with E-state index in [1.165, 1.54) is 6.20 Å². The number of aromatic nitrogens is 6. The highest BCUT2D eigenvalue weighted by atomic mass is 35.5. The van der Waals surface area contributed by atoms with Gasteiger partial charge in [-0.1, -0.05) is 17.7 Å².